The van der Waals surface area contributed by atoms with Crippen LogP contribution in [-0.4, -0.2) is 145 Å². The maximum Gasteiger partial charge on any atom is 0.329 e. The van der Waals surface area contributed by atoms with Gasteiger partial charge >= 0.3 is 11.9 Å². The lowest BCUT2D eigenvalue weighted by atomic mass is 9.85. The van der Waals surface area contributed by atoms with Crippen LogP contribution in [0.4, 0.5) is 0 Å². The van der Waals surface area contributed by atoms with Crippen molar-refractivity contribution in [2.24, 2.45) is 11.8 Å². The summed E-state index contributed by atoms with van der Waals surface area (Å²) in [5.41, 5.74) is 0. The van der Waals surface area contributed by atoms with E-state index in [1.165, 1.54) is 7.11 Å². The first-order valence-electron chi connectivity index (χ1n) is 11.8. The van der Waals surface area contributed by atoms with E-state index in [0.717, 1.165) is 0 Å². The average molecular weight is 527 g/mol. The maximum atomic E-state index is 10.8. The third-order valence-corrected chi connectivity index (χ3v) is 6.40. The molecular weight excluding hydrogens is 488 g/mol. The predicted molar refractivity (Wildman–Crippen MR) is 118 cm³/mol. The molecule has 210 valence electrons. The number of carboxylic acids is 2. The summed E-state index contributed by atoms with van der Waals surface area (Å²) < 4.78 is 32.6. The van der Waals surface area contributed by atoms with Gasteiger partial charge in [-0.25, -0.2) is 9.59 Å². The van der Waals surface area contributed by atoms with Gasteiger partial charge in [0.15, 0.2) is 0 Å². The van der Waals surface area contributed by atoms with Crippen LogP contribution in [0.25, 0.3) is 0 Å². The molecule has 0 aromatic rings. The van der Waals surface area contributed by atoms with Crippen molar-refractivity contribution in [3.63, 3.8) is 0 Å². The lowest BCUT2D eigenvalue weighted by molar-refractivity contribution is -0.242. The quantitative estimate of drug-likeness (QED) is 0.130. The first-order chi connectivity index (χ1) is 17.1. The van der Waals surface area contributed by atoms with Crippen LogP contribution in [0.2, 0.25) is 0 Å². The largest absolute Gasteiger partial charge is 0.480 e. The second-order valence-electron chi connectivity index (χ2n) is 8.93. The molecular formula is C22H38O14. The van der Waals surface area contributed by atoms with Gasteiger partial charge in [-0.05, 0) is 6.42 Å². The van der Waals surface area contributed by atoms with Crippen molar-refractivity contribution in [1.82, 2.24) is 0 Å². The number of aliphatic hydroxyl groups is 4. The molecule has 2 heterocycles. The van der Waals surface area contributed by atoms with E-state index < -0.39 is 85.8 Å². The van der Waals surface area contributed by atoms with Crippen LogP contribution >= 0.6 is 0 Å². The first-order valence-corrected chi connectivity index (χ1v) is 11.8. The summed E-state index contributed by atoms with van der Waals surface area (Å²) in [6.45, 7) is 0.0174. The number of aliphatic hydroxyl groups excluding tert-OH is 4. The minimum atomic E-state index is -1.30. The van der Waals surface area contributed by atoms with Gasteiger partial charge < -0.3 is 59.1 Å². The molecule has 0 aliphatic carbocycles. The van der Waals surface area contributed by atoms with Crippen LogP contribution in [0, 0.1) is 11.8 Å². The predicted octanol–water partition coefficient (Wildman–Crippen LogP) is -2.53. The average Bonchev–Trinajstić information content (AvgIpc) is 2.81. The Morgan fingerprint density at radius 3 is 1.56 bits per heavy atom. The molecule has 0 spiro atoms. The van der Waals surface area contributed by atoms with Gasteiger partial charge in [0.1, 0.15) is 37.6 Å². The number of carbonyl (C=O) groups is 2. The van der Waals surface area contributed by atoms with E-state index >= 15 is 0 Å². The number of ether oxygens (including phenoxy) is 6. The summed E-state index contributed by atoms with van der Waals surface area (Å²) in [5.74, 6) is -3.63. The normalized spacial score (nSPS) is 37.1. The Hall–Kier alpha value is -1.46. The fourth-order valence-electron chi connectivity index (χ4n) is 4.52. The van der Waals surface area contributed by atoms with Gasteiger partial charge in [-0.2, -0.15) is 0 Å². The zero-order valence-corrected chi connectivity index (χ0v) is 20.4. The van der Waals surface area contributed by atoms with Gasteiger partial charge in [0.05, 0.1) is 57.5 Å². The van der Waals surface area contributed by atoms with Crippen molar-refractivity contribution in [2.75, 3.05) is 53.4 Å². The molecule has 6 N–H and O–H groups in total. The smallest absolute Gasteiger partial charge is 0.329 e. The molecule has 0 saturated carbocycles. The van der Waals surface area contributed by atoms with Crippen LogP contribution < -0.4 is 0 Å². The SMILES string of the molecule is CC[C@@H]1C(COCC(=O)O)OC(COCC2C(O)C(O)[C@H](COC)O[C@H]2COCC(=O)O)[C@@H](O)[C@@H]1O. The summed E-state index contributed by atoms with van der Waals surface area (Å²) in [7, 11) is 1.40. The highest BCUT2D eigenvalue weighted by molar-refractivity contribution is 5.68. The zero-order chi connectivity index (χ0) is 26.8. The standard InChI is InChI=1S/C22H38O14/c1-3-11-13(6-33-9-17(23)24)35-16(22(30)19(11)27)8-32-4-12-14(7-34-10-18(25)26)36-15(5-31-2)21(29)20(12)28/h11-16,19-22,27-30H,3-10H2,1-2H3,(H,23,24)(H,25,26)/t11-,12?,13?,14+,15+,16?,19-,20?,21?,22-/m1/s1. The minimum absolute atomic E-state index is 0.00877. The van der Waals surface area contributed by atoms with Crippen molar-refractivity contribution in [2.45, 2.75) is 62.2 Å². The van der Waals surface area contributed by atoms with Gasteiger partial charge in [-0.15, -0.1) is 0 Å². The molecule has 2 aliphatic rings. The highest BCUT2D eigenvalue weighted by atomic mass is 16.6. The van der Waals surface area contributed by atoms with Crippen molar-refractivity contribution < 1.29 is 68.6 Å². The number of carboxylic acid groups (broad SMARTS) is 2. The summed E-state index contributed by atoms with van der Waals surface area (Å²) in [6.07, 6.45) is -7.94. The molecule has 0 aromatic carbocycles. The first kappa shape index (κ1) is 30.8. The zero-order valence-electron chi connectivity index (χ0n) is 20.4. The van der Waals surface area contributed by atoms with Crippen LogP contribution in [0.1, 0.15) is 13.3 Å². The Morgan fingerprint density at radius 2 is 1.08 bits per heavy atom. The van der Waals surface area contributed by atoms with Crippen molar-refractivity contribution in [1.29, 1.82) is 0 Å². The molecule has 2 fully saturated rings. The Labute approximate surface area is 208 Å². The van der Waals surface area contributed by atoms with Gasteiger partial charge in [0.2, 0.25) is 0 Å². The number of hydrogen-bond donors (Lipinski definition) is 6. The second-order valence-corrected chi connectivity index (χ2v) is 8.93. The van der Waals surface area contributed by atoms with E-state index in [2.05, 4.69) is 0 Å². The highest BCUT2D eigenvalue weighted by Gasteiger charge is 2.46. The Balaban J connectivity index is 2.00. The van der Waals surface area contributed by atoms with E-state index in [-0.39, 0.29) is 33.0 Å². The summed E-state index contributed by atoms with van der Waals surface area (Å²) in [4.78, 5) is 21.5. The summed E-state index contributed by atoms with van der Waals surface area (Å²) >= 11 is 0. The molecule has 0 amide bonds. The summed E-state index contributed by atoms with van der Waals surface area (Å²) in [6, 6.07) is 0. The molecule has 14 nitrogen and oxygen atoms in total. The van der Waals surface area contributed by atoms with E-state index in [9.17, 15) is 30.0 Å². The van der Waals surface area contributed by atoms with Gasteiger partial charge in [0.25, 0.3) is 0 Å². The fourth-order valence-corrected chi connectivity index (χ4v) is 4.52. The maximum absolute atomic E-state index is 10.8. The Kier molecular flexibility index (Phi) is 12.9. The lowest BCUT2D eigenvalue weighted by Gasteiger charge is -2.44. The molecule has 5 unspecified atom stereocenters. The second kappa shape index (κ2) is 15.1. The van der Waals surface area contributed by atoms with E-state index in [1.807, 2.05) is 0 Å². The van der Waals surface area contributed by atoms with Crippen molar-refractivity contribution >= 4 is 11.9 Å². The number of methoxy groups -OCH3 is 1. The fraction of sp³-hybridized carbons (Fsp3) is 0.909. The van der Waals surface area contributed by atoms with Crippen molar-refractivity contribution in [3.05, 3.63) is 0 Å². The highest BCUT2D eigenvalue weighted by Crippen LogP contribution is 2.31. The number of rotatable bonds is 15. The Morgan fingerprint density at radius 1 is 0.639 bits per heavy atom. The van der Waals surface area contributed by atoms with Gasteiger partial charge in [0, 0.05) is 18.9 Å². The molecule has 36 heavy (non-hydrogen) atoms. The third kappa shape index (κ3) is 8.55. The molecule has 2 rings (SSSR count). The molecule has 0 aromatic heterocycles. The van der Waals surface area contributed by atoms with E-state index in [4.69, 9.17) is 38.6 Å². The van der Waals surface area contributed by atoms with E-state index in [1.54, 1.807) is 6.92 Å². The molecule has 10 atom stereocenters. The molecule has 0 bridgehead atoms. The van der Waals surface area contributed by atoms with Gasteiger partial charge in [-0.3, -0.25) is 0 Å². The number of hydrogen-bond acceptors (Lipinski definition) is 12. The van der Waals surface area contributed by atoms with E-state index in [0.29, 0.717) is 6.42 Å². The topological polar surface area (TPSA) is 211 Å². The third-order valence-electron chi connectivity index (χ3n) is 6.40. The lowest BCUT2D eigenvalue weighted by Crippen LogP contribution is -2.59. The molecule has 2 saturated heterocycles. The van der Waals surface area contributed by atoms with Crippen LogP contribution in [0.3, 0.4) is 0 Å². The number of aliphatic carboxylic acids is 2. The minimum Gasteiger partial charge on any atom is -0.480 e. The molecule has 14 heteroatoms. The van der Waals surface area contributed by atoms with Crippen molar-refractivity contribution in [3.8, 4) is 0 Å². The monoisotopic (exact) mass is 526 g/mol. The molecule has 0 radical (unpaired) electrons. The van der Waals surface area contributed by atoms with Gasteiger partial charge in [-0.1, -0.05) is 6.92 Å². The molecule has 2 aliphatic heterocycles. The van der Waals surface area contributed by atoms with Crippen LogP contribution in [0.15, 0.2) is 0 Å². The van der Waals surface area contributed by atoms with Crippen LogP contribution in [-0.2, 0) is 38.0 Å². The van der Waals surface area contributed by atoms with Crippen LogP contribution in [0.5, 0.6) is 0 Å². The summed E-state index contributed by atoms with van der Waals surface area (Å²) in [5, 5.41) is 59.7. The Bertz CT molecular complexity index is 677.